The highest BCUT2D eigenvalue weighted by molar-refractivity contribution is 6.08. The van der Waals surface area contributed by atoms with Gasteiger partial charge < -0.3 is 10.2 Å². The lowest BCUT2D eigenvalue weighted by molar-refractivity contribution is -0.164. The number of Topliss-reactive ketones (excluding diaryl/α,β-unsaturated/α-hetero) is 1. The molecule has 0 spiro atoms. The summed E-state index contributed by atoms with van der Waals surface area (Å²) in [7, 11) is 0. The minimum absolute atomic E-state index is 0.283. The summed E-state index contributed by atoms with van der Waals surface area (Å²) < 4.78 is 0. The van der Waals surface area contributed by atoms with Crippen molar-refractivity contribution in [2.45, 2.75) is 25.2 Å². The summed E-state index contributed by atoms with van der Waals surface area (Å²) in [5, 5.41) is 24.7. The van der Waals surface area contributed by atoms with E-state index in [9.17, 15) is 14.4 Å². The van der Waals surface area contributed by atoms with Crippen LogP contribution < -0.4 is 0 Å². The number of hydrogen-bond donors (Lipinski definition) is 3. The Labute approximate surface area is 102 Å². The van der Waals surface area contributed by atoms with Gasteiger partial charge in [0.05, 0.1) is 11.1 Å². The maximum atomic E-state index is 12.0. The van der Waals surface area contributed by atoms with Crippen molar-refractivity contribution in [1.29, 1.82) is 0 Å². The van der Waals surface area contributed by atoms with Gasteiger partial charge in [-0.3, -0.25) is 19.5 Å². The molecule has 0 bridgehead atoms. The Hall–Kier alpha value is -2.18. The molecular formula is C11H12N2O5. The van der Waals surface area contributed by atoms with E-state index in [1.54, 1.807) is 6.07 Å². The second-order valence-electron chi connectivity index (χ2n) is 4.76. The van der Waals surface area contributed by atoms with Gasteiger partial charge in [-0.05, 0) is 19.4 Å². The molecule has 0 aliphatic heterocycles. The number of aromatic amines is 1. The molecule has 3 N–H and O–H groups in total. The molecule has 1 aromatic rings. The van der Waals surface area contributed by atoms with Crippen LogP contribution in [0.1, 0.15) is 25.5 Å². The monoisotopic (exact) mass is 252 g/mol. The molecule has 1 aromatic heterocycles. The molecule has 96 valence electrons. The number of ketones is 1. The molecule has 0 amide bonds. The molecule has 1 unspecified atom stereocenters. The van der Waals surface area contributed by atoms with Crippen LogP contribution in [0.3, 0.4) is 0 Å². The summed E-state index contributed by atoms with van der Waals surface area (Å²) in [5.74, 6) is -3.38. The van der Waals surface area contributed by atoms with Crippen LogP contribution in [0.4, 0.5) is 0 Å². The molecule has 1 atom stereocenters. The number of aliphatic carboxylic acids is 2. The maximum absolute atomic E-state index is 12.0. The number of aromatic nitrogens is 2. The number of carboxylic acids is 2. The highest BCUT2D eigenvalue weighted by Gasteiger charge is 2.62. The van der Waals surface area contributed by atoms with Gasteiger partial charge in [-0.1, -0.05) is 0 Å². The van der Waals surface area contributed by atoms with Gasteiger partial charge in [-0.2, -0.15) is 5.10 Å². The maximum Gasteiger partial charge on any atom is 0.321 e. The molecule has 2 rings (SSSR count). The predicted molar refractivity (Wildman–Crippen MR) is 57.9 cm³/mol. The zero-order valence-corrected chi connectivity index (χ0v) is 9.64. The first-order valence-corrected chi connectivity index (χ1v) is 5.33. The molecule has 0 radical (unpaired) electrons. The molecule has 1 fully saturated rings. The van der Waals surface area contributed by atoms with Crippen LogP contribution in [-0.4, -0.2) is 38.1 Å². The van der Waals surface area contributed by atoms with Crippen molar-refractivity contribution in [3.8, 4) is 0 Å². The third-order valence-corrected chi connectivity index (χ3v) is 3.62. The average Bonchev–Trinajstić information content (AvgIpc) is 2.87. The Morgan fingerprint density at radius 2 is 2.00 bits per heavy atom. The molecule has 0 saturated heterocycles. The summed E-state index contributed by atoms with van der Waals surface area (Å²) in [4.78, 5) is 34.5. The zero-order chi connectivity index (χ0) is 13.6. The van der Waals surface area contributed by atoms with Crippen molar-refractivity contribution >= 4 is 17.7 Å². The van der Waals surface area contributed by atoms with E-state index in [-0.39, 0.29) is 6.42 Å². The summed E-state index contributed by atoms with van der Waals surface area (Å²) in [6, 6.07) is 1.55. The third kappa shape index (κ3) is 1.43. The van der Waals surface area contributed by atoms with Crippen LogP contribution in [0.15, 0.2) is 12.3 Å². The van der Waals surface area contributed by atoms with Crippen LogP contribution in [-0.2, 0) is 19.8 Å². The van der Waals surface area contributed by atoms with E-state index >= 15 is 0 Å². The van der Waals surface area contributed by atoms with Gasteiger partial charge in [-0.15, -0.1) is 0 Å². The molecule has 1 aliphatic carbocycles. The van der Waals surface area contributed by atoms with E-state index < -0.39 is 35.0 Å². The highest BCUT2D eigenvalue weighted by Crippen LogP contribution is 2.48. The van der Waals surface area contributed by atoms with Crippen LogP contribution >= 0.6 is 0 Å². The quantitative estimate of drug-likeness (QED) is 0.660. The third-order valence-electron chi connectivity index (χ3n) is 3.62. The number of rotatable bonds is 3. The lowest BCUT2D eigenvalue weighted by atomic mass is 9.78. The van der Waals surface area contributed by atoms with Crippen molar-refractivity contribution in [3.05, 3.63) is 18.0 Å². The van der Waals surface area contributed by atoms with Gasteiger partial charge in [0.1, 0.15) is 5.78 Å². The van der Waals surface area contributed by atoms with Crippen LogP contribution in [0.25, 0.3) is 0 Å². The SMILES string of the molecule is CC1(c2cc[nH]n2)CC(C(=O)O)(C(=O)O)CC1=O. The molecular weight excluding hydrogens is 240 g/mol. The second-order valence-corrected chi connectivity index (χ2v) is 4.76. The second kappa shape index (κ2) is 3.66. The number of hydrogen-bond acceptors (Lipinski definition) is 4. The smallest absolute Gasteiger partial charge is 0.321 e. The van der Waals surface area contributed by atoms with Gasteiger partial charge >= 0.3 is 11.9 Å². The fourth-order valence-corrected chi connectivity index (χ4v) is 2.43. The Kier molecular flexibility index (Phi) is 2.50. The zero-order valence-electron chi connectivity index (χ0n) is 9.64. The first-order valence-electron chi connectivity index (χ1n) is 5.33. The molecule has 0 aromatic carbocycles. The van der Waals surface area contributed by atoms with Crippen molar-refractivity contribution in [3.63, 3.8) is 0 Å². The first-order chi connectivity index (χ1) is 8.33. The topological polar surface area (TPSA) is 120 Å². The van der Waals surface area contributed by atoms with Crippen molar-refractivity contribution in [2.75, 3.05) is 0 Å². The number of carboxylic acid groups (broad SMARTS) is 2. The van der Waals surface area contributed by atoms with E-state index in [1.807, 2.05) is 0 Å². The van der Waals surface area contributed by atoms with E-state index in [0.29, 0.717) is 5.69 Å². The van der Waals surface area contributed by atoms with Gasteiger partial charge in [-0.25, -0.2) is 0 Å². The average molecular weight is 252 g/mol. The van der Waals surface area contributed by atoms with E-state index in [4.69, 9.17) is 10.2 Å². The largest absolute Gasteiger partial charge is 0.480 e. The van der Waals surface area contributed by atoms with E-state index in [2.05, 4.69) is 10.2 Å². The Morgan fingerprint density at radius 1 is 1.39 bits per heavy atom. The molecule has 1 saturated carbocycles. The van der Waals surface area contributed by atoms with E-state index in [1.165, 1.54) is 13.1 Å². The summed E-state index contributed by atoms with van der Waals surface area (Å²) in [5.41, 5.74) is -2.85. The number of nitrogens with one attached hydrogen (secondary N) is 1. The normalized spacial score (nSPS) is 26.2. The van der Waals surface area contributed by atoms with Crippen molar-refractivity contribution in [2.24, 2.45) is 5.41 Å². The Bertz CT molecular complexity index is 508. The van der Waals surface area contributed by atoms with Crippen LogP contribution in [0, 0.1) is 5.41 Å². The van der Waals surface area contributed by atoms with Gasteiger partial charge in [0, 0.05) is 12.6 Å². The van der Waals surface area contributed by atoms with Gasteiger partial charge in [0.25, 0.3) is 0 Å². The predicted octanol–water partition coefficient (Wildman–Crippen LogP) is 0.186. The van der Waals surface area contributed by atoms with E-state index in [0.717, 1.165) is 0 Å². The number of carbonyl (C=O) groups excluding carboxylic acids is 1. The lowest BCUT2D eigenvalue weighted by Crippen LogP contribution is -2.38. The number of carbonyl (C=O) groups is 3. The molecule has 18 heavy (non-hydrogen) atoms. The summed E-state index contributed by atoms with van der Waals surface area (Å²) in [6.07, 6.45) is 0.713. The Balaban J connectivity index is 2.48. The minimum Gasteiger partial charge on any atom is -0.480 e. The summed E-state index contributed by atoms with van der Waals surface area (Å²) >= 11 is 0. The molecule has 7 nitrogen and oxygen atoms in total. The summed E-state index contributed by atoms with van der Waals surface area (Å²) in [6.45, 7) is 1.53. The minimum atomic E-state index is -2.05. The fraction of sp³-hybridized carbons (Fsp3) is 0.455. The van der Waals surface area contributed by atoms with Gasteiger partial charge in [0.15, 0.2) is 5.41 Å². The molecule has 1 aliphatic rings. The first kappa shape index (κ1) is 12.3. The standard InChI is InChI=1S/C11H12N2O5/c1-10(6-2-3-12-13-6)5-11(8(15)16,9(17)18)4-7(10)14/h2-3H,4-5H2,1H3,(H,12,13)(H,15,16)(H,17,18). The number of H-pyrrole nitrogens is 1. The highest BCUT2D eigenvalue weighted by atomic mass is 16.4. The fourth-order valence-electron chi connectivity index (χ4n) is 2.43. The Morgan fingerprint density at radius 3 is 2.39 bits per heavy atom. The van der Waals surface area contributed by atoms with Crippen molar-refractivity contribution in [1.82, 2.24) is 10.2 Å². The van der Waals surface area contributed by atoms with Crippen molar-refractivity contribution < 1.29 is 24.6 Å². The van der Waals surface area contributed by atoms with Crippen LogP contribution in [0.5, 0.6) is 0 Å². The lowest BCUT2D eigenvalue weighted by Gasteiger charge is -2.22. The molecule has 1 heterocycles. The number of nitrogens with zero attached hydrogens (tertiary/aromatic N) is 1. The van der Waals surface area contributed by atoms with Gasteiger partial charge in [0.2, 0.25) is 0 Å². The molecule has 7 heteroatoms. The van der Waals surface area contributed by atoms with Crippen LogP contribution in [0.2, 0.25) is 0 Å².